The first-order valence-corrected chi connectivity index (χ1v) is 20.4. The first-order valence-electron chi connectivity index (χ1n) is 18.6. The van der Waals surface area contributed by atoms with Gasteiger partial charge in [0, 0.05) is 65.8 Å². The monoisotopic (exact) mass is 796 g/mol. The Morgan fingerprint density at radius 2 is 1.80 bits per heavy atom. The molecule has 3 aromatic heterocycles. The van der Waals surface area contributed by atoms with Gasteiger partial charge in [-0.05, 0) is 98.0 Å². The minimum Gasteiger partial charge on any atom is -0.451 e. The number of piperazine rings is 1. The van der Waals surface area contributed by atoms with Gasteiger partial charge in [0.05, 0.1) is 11.3 Å². The van der Waals surface area contributed by atoms with E-state index in [1.165, 1.54) is 21.7 Å². The molecule has 1 saturated heterocycles. The second-order valence-electron chi connectivity index (χ2n) is 15.3. The molecule has 56 heavy (non-hydrogen) atoms. The summed E-state index contributed by atoms with van der Waals surface area (Å²) in [4.78, 5) is 27.9. The Bertz CT molecular complexity index is 2650. The summed E-state index contributed by atoms with van der Waals surface area (Å²) in [7, 11) is -4.60. The number of benzene rings is 3. The van der Waals surface area contributed by atoms with E-state index in [1.807, 2.05) is 18.2 Å². The normalized spacial score (nSPS) is 16.1. The van der Waals surface area contributed by atoms with Gasteiger partial charge in [-0.1, -0.05) is 49.2 Å². The number of carbonyl (C=O) groups excluding carboxylic acids is 1. The molecule has 15 heteroatoms. The van der Waals surface area contributed by atoms with E-state index >= 15 is 4.39 Å². The molecule has 2 aliphatic rings. The minimum absolute atomic E-state index is 0.0479. The number of hydrogen-bond donors (Lipinski definition) is 3. The van der Waals surface area contributed by atoms with Crippen molar-refractivity contribution in [2.24, 2.45) is 5.41 Å². The van der Waals surface area contributed by atoms with Gasteiger partial charge < -0.3 is 19.9 Å². The zero-order chi connectivity index (χ0) is 39.4. The van der Waals surface area contributed by atoms with Crippen LogP contribution in [0.5, 0.6) is 11.5 Å². The molecule has 0 bridgehead atoms. The van der Waals surface area contributed by atoms with E-state index < -0.39 is 26.9 Å². The van der Waals surface area contributed by atoms with E-state index in [0.717, 1.165) is 30.4 Å². The number of hydrogen-bond acceptors (Lipinski definition) is 9. The lowest BCUT2D eigenvalue weighted by Gasteiger charge is -2.36. The number of sulfonamides is 1. The summed E-state index contributed by atoms with van der Waals surface area (Å²) in [6, 6.07) is 17.7. The fourth-order valence-corrected chi connectivity index (χ4v) is 8.67. The number of allylic oxidation sites excluding steroid dienone is 2. The highest BCUT2D eigenvalue weighted by Gasteiger charge is 2.33. The third-order valence-electron chi connectivity index (χ3n) is 10.6. The number of nitrogens with zero attached hydrogens (tertiary/aromatic N) is 5. The van der Waals surface area contributed by atoms with Crippen LogP contribution in [0.3, 0.4) is 0 Å². The fraction of sp³-hybridized carbons (Fsp3) is 0.317. The van der Waals surface area contributed by atoms with Crippen LogP contribution in [0.1, 0.15) is 66.0 Å². The topological polar surface area (TPSA) is 147 Å². The van der Waals surface area contributed by atoms with Gasteiger partial charge >= 0.3 is 10.0 Å². The highest BCUT2D eigenvalue weighted by atomic mass is 35.5. The Kier molecular flexibility index (Phi) is 9.83. The molecule has 4 heterocycles. The smallest absolute Gasteiger partial charge is 0.301 e. The third kappa shape index (κ3) is 7.48. The van der Waals surface area contributed by atoms with E-state index in [2.05, 4.69) is 61.0 Å². The zero-order valence-corrected chi connectivity index (χ0v) is 33.1. The van der Waals surface area contributed by atoms with Crippen LogP contribution in [-0.2, 0) is 16.4 Å². The Balaban J connectivity index is 1.27. The quantitative estimate of drug-likeness (QED) is 0.135. The van der Waals surface area contributed by atoms with Gasteiger partial charge in [-0.3, -0.25) is 4.79 Å². The van der Waals surface area contributed by atoms with E-state index in [1.54, 1.807) is 44.3 Å². The predicted octanol–water partition coefficient (Wildman–Crippen LogP) is 7.54. The van der Waals surface area contributed by atoms with Crippen molar-refractivity contribution < 1.29 is 22.3 Å². The molecule has 8 rings (SSSR count). The van der Waals surface area contributed by atoms with Crippen molar-refractivity contribution in [1.82, 2.24) is 34.6 Å². The summed E-state index contributed by atoms with van der Waals surface area (Å²) in [5.41, 5.74) is 6.87. The van der Waals surface area contributed by atoms with Crippen molar-refractivity contribution in [3.05, 3.63) is 111 Å². The maximum atomic E-state index is 15.9. The molecule has 1 amide bonds. The van der Waals surface area contributed by atoms with Crippen LogP contribution in [0, 0.1) is 25.1 Å². The molecular weight excluding hydrogens is 755 g/mol. The lowest BCUT2D eigenvalue weighted by molar-refractivity contribution is 0.0979. The molecule has 6 aromatic rings. The van der Waals surface area contributed by atoms with Gasteiger partial charge in [-0.25, -0.2) is 18.6 Å². The van der Waals surface area contributed by atoms with Gasteiger partial charge in [-0.15, -0.1) is 5.10 Å². The van der Waals surface area contributed by atoms with Crippen LogP contribution in [0.2, 0.25) is 5.02 Å². The molecule has 12 nitrogen and oxygen atoms in total. The molecule has 1 fully saturated rings. The van der Waals surface area contributed by atoms with Gasteiger partial charge in [0.1, 0.15) is 0 Å². The molecule has 3 aromatic carbocycles. The first-order chi connectivity index (χ1) is 26.7. The van der Waals surface area contributed by atoms with E-state index in [9.17, 15) is 13.2 Å². The number of amides is 1. The summed E-state index contributed by atoms with van der Waals surface area (Å²) >= 11 is 6.30. The summed E-state index contributed by atoms with van der Waals surface area (Å²) in [6.07, 6.45) is 4.93. The first kappa shape index (κ1) is 37.6. The second-order valence-corrected chi connectivity index (χ2v) is 17.3. The number of H-pyrrole nitrogens is 1. The maximum absolute atomic E-state index is 15.9. The number of rotatable bonds is 9. The van der Waals surface area contributed by atoms with Crippen molar-refractivity contribution in [1.29, 1.82) is 0 Å². The Morgan fingerprint density at radius 1 is 1.04 bits per heavy atom. The molecule has 1 aliphatic carbocycles. The molecule has 0 unspecified atom stereocenters. The van der Waals surface area contributed by atoms with Crippen LogP contribution in [0.25, 0.3) is 22.3 Å². The highest BCUT2D eigenvalue weighted by Crippen LogP contribution is 2.47. The Hall–Kier alpha value is -5.31. The average molecular weight is 797 g/mol. The molecule has 1 aliphatic heterocycles. The number of ether oxygens (including phenoxy) is 1. The summed E-state index contributed by atoms with van der Waals surface area (Å²) < 4.78 is 53.3. The number of aryl methyl sites for hydroxylation is 2. The maximum Gasteiger partial charge on any atom is 0.301 e. The third-order valence-corrected chi connectivity index (χ3v) is 11.9. The summed E-state index contributed by atoms with van der Waals surface area (Å²) in [6.45, 7) is 10.5. The van der Waals surface area contributed by atoms with Crippen LogP contribution in [-0.4, -0.2) is 65.1 Å². The molecule has 0 atom stereocenters. The number of carbonyl (C=O) groups is 1. The van der Waals surface area contributed by atoms with Crippen molar-refractivity contribution in [2.75, 3.05) is 31.1 Å². The van der Waals surface area contributed by atoms with Crippen LogP contribution >= 0.6 is 11.6 Å². The lowest BCUT2D eigenvalue weighted by Crippen LogP contribution is -2.44. The number of halogens is 2. The average Bonchev–Trinajstić information content (AvgIpc) is 3.81. The number of aromatic amines is 1. The SMILES string of the molecule is Cc1cc(C)n2nc(S(=O)(=O)NC(=O)c3ccc(CC4=C(c5ccc(Cl)cc5)CC(C)(C)CC4)c(N4CCNCC4)c3Oc3cc4cc[nH]c4cc3F)nc2n1. The second kappa shape index (κ2) is 14.6. The van der Waals surface area contributed by atoms with Crippen LogP contribution < -0.4 is 19.7 Å². The number of aromatic nitrogens is 5. The molecular formula is C41H42ClFN8O4S. The minimum atomic E-state index is -4.60. The zero-order valence-electron chi connectivity index (χ0n) is 31.5. The van der Waals surface area contributed by atoms with Gasteiger partial charge in [0.2, 0.25) is 0 Å². The van der Waals surface area contributed by atoms with Crippen LogP contribution in [0.15, 0.2) is 77.6 Å². The largest absolute Gasteiger partial charge is 0.451 e. The van der Waals surface area contributed by atoms with Crippen molar-refractivity contribution >= 4 is 55.5 Å². The molecule has 0 radical (unpaired) electrons. The molecule has 0 spiro atoms. The van der Waals surface area contributed by atoms with Crippen LogP contribution in [0.4, 0.5) is 10.1 Å². The molecule has 290 valence electrons. The summed E-state index contributed by atoms with van der Waals surface area (Å²) in [5.74, 6) is -1.61. The van der Waals surface area contributed by atoms with Gasteiger partial charge in [0.25, 0.3) is 16.8 Å². The lowest BCUT2D eigenvalue weighted by atomic mass is 9.71. The van der Waals surface area contributed by atoms with Crippen molar-refractivity contribution in [3.63, 3.8) is 0 Å². The number of anilines is 1. The standard InChI is InChI=1S/C41H42ClFN8O4S/c1-24-19-25(2)51-39(46-24)47-40(48-51)56(53,54)49-38(52)31-10-7-29(20-27-11-13-41(3,4)23-32(27)26-5-8-30(42)9-6-26)36(50-17-15-44-16-18-50)37(31)55-35-21-28-12-14-45-34(28)22-33(35)43/h5-10,12,14,19,21-22,44-45H,11,13,15-18,20,23H2,1-4H3,(H,49,52). The molecule has 3 N–H and O–H groups in total. The predicted molar refractivity (Wildman–Crippen MR) is 214 cm³/mol. The van der Waals surface area contributed by atoms with Gasteiger partial charge in [0.15, 0.2) is 17.3 Å². The highest BCUT2D eigenvalue weighted by molar-refractivity contribution is 7.89. The number of fused-ring (bicyclic) bond motifs is 2. The van der Waals surface area contributed by atoms with E-state index in [4.69, 9.17) is 16.3 Å². The van der Waals surface area contributed by atoms with Crippen molar-refractivity contribution in [2.45, 2.75) is 58.5 Å². The Labute approximate surface area is 329 Å². The van der Waals surface area contributed by atoms with E-state index in [0.29, 0.717) is 65.6 Å². The summed E-state index contributed by atoms with van der Waals surface area (Å²) in [5, 5.41) is 8.28. The van der Waals surface area contributed by atoms with E-state index in [-0.39, 0.29) is 28.3 Å². The fourth-order valence-electron chi connectivity index (χ4n) is 7.71. The van der Waals surface area contributed by atoms with Crippen molar-refractivity contribution in [3.8, 4) is 11.5 Å². The Morgan fingerprint density at radius 3 is 2.57 bits per heavy atom. The molecule has 0 saturated carbocycles. The van der Waals surface area contributed by atoms with Gasteiger partial charge in [-0.2, -0.15) is 13.4 Å². The number of nitrogens with one attached hydrogen (secondary N) is 3.